The average Bonchev–Trinajstić information content (AvgIpc) is 3.02. The normalized spacial score (nSPS) is 17.1. The first-order chi connectivity index (χ1) is 7.67. The second-order valence-corrected chi connectivity index (χ2v) is 5.14. The lowest BCUT2D eigenvalue weighted by Crippen LogP contribution is -2.16. The summed E-state index contributed by atoms with van der Waals surface area (Å²) in [7, 11) is 0. The topological polar surface area (TPSA) is 38.0 Å². The van der Waals surface area contributed by atoms with Gasteiger partial charge in [0.05, 0.1) is 11.4 Å². The lowest BCUT2D eigenvalue weighted by atomic mass is 10.0. The Kier molecular flexibility index (Phi) is 3.08. The van der Waals surface area contributed by atoms with Crippen LogP contribution in [0.3, 0.4) is 0 Å². The minimum Gasteiger partial charge on any atom is -0.397 e. The van der Waals surface area contributed by atoms with Crippen LogP contribution in [0.2, 0.25) is 0 Å². The first-order valence-corrected chi connectivity index (χ1v) is 6.26. The Balaban J connectivity index is 1.97. The Hall–Kier alpha value is -1.18. The summed E-state index contributed by atoms with van der Waals surface area (Å²) >= 11 is 0. The van der Waals surface area contributed by atoms with Crippen LogP contribution in [0.5, 0.6) is 0 Å². The fourth-order valence-corrected chi connectivity index (χ4v) is 2.34. The molecule has 0 amide bonds. The Morgan fingerprint density at radius 2 is 2.12 bits per heavy atom. The molecular weight excluding hydrogens is 196 g/mol. The van der Waals surface area contributed by atoms with E-state index in [9.17, 15) is 0 Å². The minimum absolute atomic E-state index is 0.574. The number of benzene rings is 1. The van der Waals surface area contributed by atoms with Crippen LogP contribution in [0.15, 0.2) is 18.2 Å². The summed E-state index contributed by atoms with van der Waals surface area (Å²) in [6, 6.07) is 6.19. The van der Waals surface area contributed by atoms with Gasteiger partial charge >= 0.3 is 0 Å². The van der Waals surface area contributed by atoms with Gasteiger partial charge in [0.1, 0.15) is 0 Å². The molecule has 88 valence electrons. The van der Waals surface area contributed by atoms with Crippen molar-refractivity contribution >= 4 is 11.4 Å². The maximum absolute atomic E-state index is 6.04. The van der Waals surface area contributed by atoms with E-state index in [-0.39, 0.29) is 0 Å². The molecule has 0 atom stereocenters. The molecule has 3 N–H and O–H groups in total. The van der Waals surface area contributed by atoms with Gasteiger partial charge in [-0.2, -0.15) is 0 Å². The van der Waals surface area contributed by atoms with Gasteiger partial charge in [-0.25, -0.2) is 0 Å². The van der Waals surface area contributed by atoms with Crippen molar-refractivity contribution in [1.29, 1.82) is 0 Å². The van der Waals surface area contributed by atoms with Gasteiger partial charge in [0.2, 0.25) is 0 Å². The standard InChI is InChI=1S/C14H22N2/c1-3-7-14(8-9-14)10-16-12-6-4-5-11(2)13(12)15/h4-6,16H,3,7-10,15H2,1-2H3. The van der Waals surface area contributed by atoms with Crippen LogP contribution in [0, 0.1) is 12.3 Å². The van der Waals surface area contributed by atoms with Crippen LogP contribution < -0.4 is 11.1 Å². The van der Waals surface area contributed by atoms with Gasteiger partial charge in [0, 0.05) is 6.54 Å². The fraction of sp³-hybridized carbons (Fsp3) is 0.571. The van der Waals surface area contributed by atoms with Crippen LogP contribution in [0.1, 0.15) is 38.2 Å². The van der Waals surface area contributed by atoms with Gasteiger partial charge in [-0.1, -0.05) is 25.5 Å². The van der Waals surface area contributed by atoms with Gasteiger partial charge in [-0.3, -0.25) is 0 Å². The van der Waals surface area contributed by atoms with Crippen molar-refractivity contribution in [3.63, 3.8) is 0 Å². The third-order valence-electron chi connectivity index (χ3n) is 3.72. The van der Waals surface area contributed by atoms with E-state index in [4.69, 9.17) is 5.73 Å². The van der Waals surface area contributed by atoms with Gasteiger partial charge in [0.15, 0.2) is 0 Å². The fourth-order valence-electron chi connectivity index (χ4n) is 2.34. The monoisotopic (exact) mass is 218 g/mol. The van der Waals surface area contributed by atoms with Gasteiger partial charge in [0.25, 0.3) is 0 Å². The van der Waals surface area contributed by atoms with Crippen LogP contribution in [0.25, 0.3) is 0 Å². The Labute approximate surface area is 98.2 Å². The van der Waals surface area contributed by atoms with E-state index >= 15 is 0 Å². The van der Waals surface area contributed by atoms with Crippen molar-refractivity contribution in [2.45, 2.75) is 39.5 Å². The van der Waals surface area contributed by atoms with Crippen LogP contribution in [0.4, 0.5) is 11.4 Å². The molecule has 0 aromatic heterocycles. The van der Waals surface area contributed by atoms with Crippen molar-refractivity contribution in [2.24, 2.45) is 5.41 Å². The van der Waals surface area contributed by atoms with Crippen LogP contribution in [-0.2, 0) is 0 Å². The Morgan fingerprint density at radius 1 is 1.38 bits per heavy atom. The Morgan fingerprint density at radius 3 is 2.75 bits per heavy atom. The molecule has 1 aromatic rings. The van der Waals surface area contributed by atoms with Gasteiger partial charge < -0.3 is 11.1 Å². The second-order valence-electron chi connectivity index (χ2n) is 5.14. The number of nitrogen functional groups attached to an aromatic ring is 1. The summed E-state index contributed by atoms with van der Waals surface area (Å²) in [5, 5.41) is 3.52. The lowest BCUT2D eigenvalue weighted by Gasteiger charge is -2.17. The molecule has 0 bridgehead atoms. The number of hydrogen-bond acceptors (Lipinski definition) is 2. The number of nitrogens with two attached hydrogens (primary N) is 1. The highest BCUT2D eigenvalue weighted by Crippen LogP contribution is 2.49. The number of aryl methyl sites for hydroxylation is 1. The van der Waals surface area contributed by atoms with E-state index in [1.165, 1.54) is 25.7 Å². The highest BCUT2D eigenvalue weighted by atomic mass is 14.9. The van der Waals surface area contributed by atoms with E-state index < -0.39 is 0 Å². The maximum atomic E-state index is 6.04. The Bertz CT molecular complexity index is 367. The number of nitrogens with one attached hydrogen (secondary N) is 1. The SMILES string of the molecule is CCCC1(CNc2cccc(C)c2N)CC1. The third kappa shape index (κ3) is 2.31. The van der Waals surface area contributed by atoms with Gasteiger partial charge in [-0.05, 0) is 43.2 Å². The molecule has 1 aromatic carbocycles. The zero-order valence-corrected chi connectivity index (χ0v) is 10.3. The number of rotatable bonds is 5. The molecule has 1 saturated carbocycles. The van der Waals surface area contributed by atoms with Crippen LogP contribution >= 0.6 is 0 Å². The summed E-state index contributed by atoms with van der Waals surface area (Å²) in [6.45, 7) is 5.40. The zero-order chi connectivity index (χ0) is 11.6. The van der Waals surface area contributed by atoms with Crippen molar-refractivity contribution in [1.82, 2.24) is 0 Å². The molecule has 1 fully saturated rings. The predicted molar refractivity (Wildman–Crippen MR) is 70.7 cm³/mol. The average molecular weight is 218 g/mol. The number of hydrogen-bond donors (Lipinski definition) is 2. The van der Waals surface area contributed by atoms with Crippen molar-refractivity contribution < 1.29 is 0 Å². The zero-order valence-electron chi connectivity index (χ0n) is 10.3. The lowest BCUT2D eigenvalue weighted by molar-refractivity contribution is 0.486. The number of anilines is 2. The molecule has 1 aliphatic carbocycles. The first kappa shape index (κ1) is 11.3. The molecule has 0 saturated heterocycles. The highest BCUT2D eigenvalue weighted by Gasteiger charge is 2.41. The molecular formula is C14H22N2. The third-order valence-corrected chi connectivity index (χ3v) is 3.72. The van der Waals surface area contributed by atoms with Gasteiger partial charge in [-0.15, -0.1) is 0 Å². The summed E-state index contributed by atoms with van der Waals surface area (Å²) in [5.74, 6) is 0. The maximum Gasteiger partial charge on any atom is 0.0579 e. The molecule has 1 aliphatic rings. The molecule has 0 unspecified atom stereocenters. The van der Waals surface area contributed by atoms with E-state index in [1.54, 1.807) is 0 Å². The molecule has 0 aliphatic heterocycles. The molecule has 0 radical (unpaired) electrons. The van der Waals surface area contributed by atoms with E-state index in [2.05, 4.69) is 37.4 Å². The highest BCUT2D eigenvalue weighted by molar-refractivity contribution is 5.69. The van der Waals surface area contributed by atoms with Crippen molar-refractivity contribution in [2.75, 3.05) is 17.6 Å². The first-order valence-electron chi connectivity index (χ1n) is 6.26. The molecule has 0 heterocycles. The van der Waals surface area contributed by atoms with E-state index in [1.807, 2.05) is 0 Å². The molecule has 2 rings (SSSR count). The van der Waals surface area contributed by atoms with Crippen molar-refractivity contribution in [3.8, 4) is 0 Å². The predicted octanol–water partition coefficient (Wildman–Crippen LogP) is 3.57. The quantitative estimate of drug-likeness (QED) is 0.741. The van der Waals surface area contributed by atoms with Crippen molar-refractivity contribution in [3.05, 3.63) is 23.8 Å². The summed E-state index contributed by atoms with van der Waals surface area (Å²) in [6.07, 6.45) is 5.37. The van der Waals surface area contributed by atoms with E-state index in [0.717, 1.165) is 23.5 Å². The van der Waals surface area contributed by atoms with E-state index in [0.29, 0.717) is 5.41 Å². The summed E-state index contributed by atoms with van der Waals surface area (Å²) in [4.78, 5) is 0. The summed E-state index contributed by atoms with van der Waals surface area (Å²) < 4.78 is 0. The molecule has 0 spiro atoms. The molecule has 2 nitrogen and oxygen atoms in total. The minimum atomic E-state index is 0.574. The summed E-state index contributed by atoms with van der Waals surface area (Å²) in [5.41, 5.74) is 9.77. The second kappa shape index (κ2) is 4.36. The number of para-hydroxylation sites is 1. The smallest absolute Gasteiger partial charge is 0.0579 e. The molecule has 2 heteroatoms. The largest absolute Gasteiger partial charge is 0.397 e. The molecule has 16 heavy (non-hydrogen) atoms. The van der Waals surface area contributed by atoms with Crippen LogP contribution in [-0.4, -0.2) is 6.54 Å².